The molecule has 0 unspecified atom stereocenters. The Morgan fingerprint density at radius 1 is 1.15 bits per heavy atom. The zero-order chi connectivity index (χ0) is 28.6. The zero-order valence-electron chi connectivity index (χ0n) is 22.1. The highest BCUT2D eigenvalue weighted by molar-refractivity contribution is 7.99. The Labute approximate surface area is 239 Å². The third-order valence-electron chi connectivity index (χ3n) is 6.57. The van der Waals surface area contributed by atoms with Gasteiger partial charge in [-0.05, 0) is 43.0 Å². The molecule has 1 N–H and O–H groups in total. The molecule has 13 nitrogen and oxygen atoms in total. The summed E-state index contributed by atoms with van der Waals surface area (Å²) in [6.07, 6.45) is 3.11. The maximum Gasteiger partial charge on any atom is 0.271 e. The molecule has 210 valence electrons. The van der Waals surface area contributed by atoms with Gasteiger partial charge in [0, 0.05) is 31.1 Å². The maximum atomic E-state index is 13.0. The van der Waals surface area contributed by atoms with E-state index >= 15 is 0 Å². The smallest absolute Gasteiger partial charge is 0.271 e. The van der Waals surface area contributed by atoms with E-state index in [1.54, 1.807) is 10.8 Å². The number of para-hydroxylation sites is 1. The average Bonchev–Trinajstić information content (AvgIpc) is 3.55. The number of sulfonamides is 1. The third-order valence-corrected chi connectivity index (χ3v) is 9.52. The lowest BCUT2D eigenvalue weighted by molar-refractivity contribution is 0.0730. The number of ether oxygens (including phenoxy) is 1. The van der Waals surface area contributed by atoms with E-state index in [1.165, 1.54) is 46.5 Å². The van der Waals surface area contributed by atoms with Gasteiger partial charge in [0.2, 0.25) is 10.0 Å². The van der Waals surface area contributed by atoms with E-state index in [0.717, 1.165) is 15.9 Å². The minimum atomic E-state index is -3.74. The van der Waals surface area contributed by atoms with Crippen LogP contribution in [-0.4, -0.2) is 80.5 Å². The molecule has 0 radical (unpaired) electrons. The van der Waals surface area contributed by atoms with Crippen LogP contribution in [0.25, 0.3) is 16.6 Å². The number of carbonyl (C=O) groups excluding carboxylic acids is 1. The van der Waals surface area contributed by atoms with Gasteiger partial charge < -0.3 is 9.30 Å². The second-order valence-electron chi connectivity index (χ2n) is 9.24. The number of amides is 1. The zero-order valence-corrected chi connectivity index (χ0v) is 23.8. The number of nitrogens with zero attached hydrogens (tertiary/aromatic N) is 8. The topological polar surface area (TPSA) is 149 Å². The van der Waals surface area contributed by atoms with Crippen LogP contribution in [0.5, 0.6) is 0 Å². The highest BCUT2D eigenvalue weighted by atomic mass is 32.2. The predicted octanol–water partition coefficient (Wildman–Crippen LogP) is 2.26. The third kappa shape index (κ3) is 5.19. The van der Waals surface area contributed by atoms with Crippen molar-refractivity contribution in [3.05, 3.63) is 71.7 Å². The van der Waals surface area contributed by atoms with Gasteiger partial charge in [-0.3, -0.25) is 4.79 Å². The first-order valence-corrected chi connectivity index (χ1v) is 14.9. The molecule has 5 aromatic rings. The van der Waals surface area contributed by atoms with E-state index in [2.05, 4.69) is 25.8 Å². The van der Waals surface area contributed by atoms with Crippen LogP contribution in [0, 0.1) is 6.92 Å². The molecule has 0 atom stereocenters. The van der Waals surface area contributed by atoms with Crippen molar-refractivity contribution in [3.63, 3.8) is 0 Å². The van der Waals surface area contributed by atoms with E-state index in [1.807, 2.05) is 42.8 Å². The molecule has 0 saturated carbocycles. The van der Waals surface area contributed by atoms with Crippen molar-refractivity contribution in [2.24, 2.45) is 12.1 Å². The Balaban J connectivity index is 1.28. The van der Waals surface area contributed by atoms with Crippen LogP contribution < -0.4 is 5.43 Å². The molecule has 1 aliphatic rings. The number of fused-ring (bicyclic) bond motifs is 3. The molecule has 1 amide bonds. The van der Waals surface area contributed by atoms with Crippen molar-refractivity contribution in [2.75, 3.05) is 26.3 Å². The maximum absolute atomic E-state index is 13.0. The molecule has 0 bridgehead atoms. The van der Waals surface area contributed by atoms with Crippen LogP contribution in [0.3, 0.4) is 0 Å². The number of hydrogen-bond acceptors (Lipinski definition) is 10. The van der Waals surface area contributed by atoms with E-state index < -0.39 is 15.9 Å². The fraction of sp³-hybridized carbons (Fsp3) is 0.231. The van der Waals surface area contributed by atoms with Crippen molar-refractivity contribution in [3.8, 4) is 0 Å². The SMILES string of the molecule is Cc1nn2c(nc(Sc3nncn3C)c3ccccc32)c1/C=N\NC(=O)c1cccc(S(=O)(=O)N2CCOCC2)c1. The van der Waals surface area contributed by atoms with E-state index in [0.29, 0.717) is 35.3 Å². The standard InChI is InChI=1S/C26H25N9O4S2/c1-17-21(15-27-30-24(36)18-6-5-7-19(14-18)41(37,38)34-10-12-39-13-11-34)23-29-25(40-26-31-28-16-33(26)2)20-8-3-4-9-22(20)35(23)32-17/h3-9,14-16H,10-13H2,1-2H3,(H,30,36)/b27-15-. The van der Waals surface area contributed by atoms with Gasteiger partial charge in [-0.15, -0.1) is 10.2 Å². The molecular formula is C26H25N9O4S2. The quantitative estimate of drug-likeness (QED) is 0.171. The Bertz CT molecular complexity index is 1910. The largest absolute Gasteiger partial charge is 0.379 e. The summed E-state index contributed by atoms with van der Waals surface area (Å²) in [5, 5.41) is 19.2. The number of hydrazone groups is 1. The monoisotopic (exact) mass is 591 g/mol. The number of nitrogens with one attached hydrogen (secondary N) is 1. The molecule has 2 aromatic carbocycles. The highest BCUT2D eigenvalue weighted by Gasteiger charge is 2.27. The number of aryl methyl sites for hydroxylation is 2. The molecule has 15 heteroatoms. The average molecular weight is 592 g/mol. The molecule has 1 aliphatic heterocycles. The number of rotatable bonds is 7. The van der Waals surface area contributed by atoms with Gasteiger partial charge in [-0.25, -0.2) is 23.3 Å². The minimum Gasteiger partial charge on any atom is -0.379 e. The van der Waals surface area contributed by atoms with Crippen LogP contribution in [0.1, 0.15) is 21.6 Å². The highest BCUT2D eigenvalue weighted by Crippen LogP contribution is 2.32. The summed E-state index contributed by atoms with van der Waals surface area (Å²) in [5.74, 6) is -0.550. The molecule has 1 fully saturated rings. The lowest BCUT2D eigenvalue weighted by Gasteiger charge is -2.26. The summed E-state index contributed by atoms with van der Waals surface area (Å²) >= 11 is 1.39. The van der Waals surface area contributed by atoms with Crippen molar-refractivity contribution >= 4 is 50.5 Å². The molecular weight excluding hydrogens is 566 g/mol. The van der Waals surface area contributed by atoms with Crippen molar-refractivity contribution < 1.29 is 17.9 Å². The van der Waals surface area contributed by atoms with Gasteiger partial charge in [0.05, 0.1) is 41.1 Å². The normalized spacial score (nSPS) is 14.8. The molecule has 6 rings (SSSR count). The first-order valence-electron chi connectivity index (χ1n) is 12.6. The minimum absolute atomic E-state index is 0.0403. The fourth-order valence-electron chi connectivity index (χ4n) is 4.43. The molecule has 4 heterocycles. The lowest BCUT2D eigenvalue weighted by atomic mass is 10.2. The lowest BCUT2D eigenvalue weighted by Crippen LogP contribution is -2.40. The van der Waals surface area contributed by atoms with Crippen molar-refractivity contribution in [2.45, 2.75) is 22.0 Å². The van der Waals surface area contributed by atoms with E-state index in [9.17, 15) is 13.2 Å². The van der Waals surface area contributed by atoms with Gasteiger partial charge in [-0.2, -0.15) is 14.5 Å². The van der Waals surface area contributed by atoms with Crippen LogP contribution in [0.15, 0.2) is 75.0 Å². The van der Waals surface area contributed by atoms with Gasteiger partial charge in [0.1, 0.15) is 11.4 Å². The number of carbonyl (C=O) groups is 1. The van der Waals surface area contributed by atoms with Crippen molar-refractivity contribution in [1.82, 2.24) is 39.1 Å². The van der Waals surface area contributed by atoms with Crippen LogP contribution >= 0.6 is 11.8 Å². The molecule has 0 spiro atoms. The first-order chi connectivity index (χ1) is 19.8. The van der Waals surface area contributed by atoms with Gasteiger partial charge in [0.25, 0.3) is 5.91 Å². The van der Waals surface area contributed by atoms with Crippen molar-refractivity contribution in [1.29, 1.82) is 0 Å². The second-order valence-corrected chi connectivity index (χ2v) is 12.1. The molecule has 41 heavy (non-hydrogen) atoms. The van der Waals surface area contributed by atoms with Crippen LogP contribution in [0.4, 0.5) is 0 Å². The first kappa shape index (κ1) is 27.0. The molecule has 1 saturated heterocycles. The summed E-state index contributed by atoms with van der Waals surface area (Å²) < 4.78 is 36.2. The van der Waals surface area contributed by atoms with Gasteiger partial charge >= 0.3 is 0 Å². The summed E-state index contributed by atoms with van der Waals surface area (Å²) in [7, 11) is -1.88. The number of morpholine rings is 1. The number of aromatic nitrogens is 6. The Hall–Kier alpha value is -4.18. The number of benzene rings is 2. The molecule has 3 aromatic heterocycles. The fourth-order valence-corrected chi connectivity index (χ4v) is 6.75. The van der Waals surface area contributed by atoms with Gasteiger partial charge in [0.15, 0.2) is 10.8 Å². The second kappa shape index (κ2) is 11.0. The Morgan fingerprint density at radius 2 is 1.95 bits per heavy atom. The Kier molecular flexibility index (Phi) is 7.25. The summed E-state index contributed by atoms with van der Waals surface area (Å²) in [4.78, 5) is 17.8. The predicted molar refractivity (Wildman–Crippen MR) is 151 cm³/mol. The van der Waals surface area contributed by atoms with E-state index in [4.69, 9.17) is 9.72 Å². The summed E-state index contributed by atoms with van der Waals surface area (Å²) in [6, 6.07) is 13.7. The van der Waals surface area contributed by atoms with Gasteiger partial charge in [-0.1, -0.05) is 24.3 Å². The molecule has 0 aliphatic carbocycles. The van der Waals surface area contributed by atoms with E-state index in [-0.39, 0.29) is 23.5 Å². The van der Waals surface area contributed by atoms with Crippen LogP contribution in [-0.2, 0) is 21.8 Å². The number of hydrogen-bond donors (Lipinski definition) is 1. The summed E-state index contributed by atoms with van der Waals surface area (Å²) in [5.41, 5.74) is 5.36. The van der Waals surface area contributed by atoms with Crippen LogP contribution in [0.2, 0.25) is 0 Å². The summed E-state index contributed by atoms with van der Waals surface area (Å²) in [6.45, 7) is 3.04. The Morgan fingerprint density at radius 3 is 2.73 bits per heavy atom.